The Morgan fingerprint density at radius 2 is 1.89 bits per heavy atom. The van der Waals surface area contributed by atoms with Crippen molar-refractivity contribution in [3.05, 3.63) is 82.0 Å². The average molecular weight is 499 g/mol. The first-order valence-electron chi connectivity index (χ1n) is 12.1. The van der Waals surface area contributed by atoms with Crippen LogP contribution in [0.15, 0.2) is 59.8 Å². The van der Waals surface area contributed by atoms with Gasteiger partial charge in [-0.3, -0.25) is 9.78 Å². The minimum absolute atomic E-state index is 0.174. The molecule has 1 aromatic carbocycles. The molecule has 10 heteroatoms. The summed E-state index contributed by atoms with van der Waals surface area (Å²) in [5, 5.41) is 3.41. The van der Waals surface area contributed by atoms with E-state index in [9.17, 15) is 4.79 Å². The van der Waals surface area contributed by atoms with E-state index in [0.29, 0.717) is 49.3 Å². The number of ether oxygens (including phenoxy) is 3. The van der Waals surface area contributed by atoms with Crippen LogP contribution in [0.4, 0.5) is 11.4 Å². The number of methoxy groups -OCH3 is 1. The zero-order chi connectivity index (χ0) is 25.2. The number of fused-ring (bicyclic) bond motifs is 2. The van der Waals surface area contributed by atoms with E-state index in [0.717, 1.165) is 46.9 Å². The van der Waals surface area contributed by atoms with Gasteiger partial charge in [0.25, 0.3) is 5.56 Å². The number of benzene rings is 1. The van der Waals surface area contributed by atoms with Crippen LogP contribution in [0.2, 0.25) is 0 Å². The second kappa shape index (κ2) is 9.90. The number of hydrogen-bond donors (Lipinski definition) is 2. The van der Waals surface area contributed by atoms with Gasteiger partial charge in [-0.05, 0) is 30.3 Å². The molecule has 1 fully saturated rings. The van der Waals surface area contributed by atoms with Crippen LogP contribution in [0, 0.1) is 0 Å². The van der Waals surface area contributed by atoms with Gasteiger partial charge >= 0.3 is 6.01 Å². The highest BCUT2D eigenvalue weighted by molar-refractivity contribution is 5.71. The van der Waals surface area contributed by atoms with Crippen molar-refractivity contribution in [2.75, 3.05) is 43.6 Å². The van der Waals surface area contributed by atoms with Gasteiger partial charge in [-0.1, -0.05) is 0 Å². The fraction of sp³-hybridized carbons (Fsp3) is 0.259. The van der Waals surface area contributed by atoms with Gasteiger partial charge in [0.1, 0.15) is 11.4 Å². The second-order valence-electron chi connectivity index (χ2n) is 8.90. The molecule has 5 heterocycles. The Morgan fingerprint density at radius 1 is 1.05 bits per heavy atom. The number of aromatic amines is 1. The van der Waals surface area contributed by atoms with Crippen LogP contribution in [-0.4, -0.2) is 53.3 Å². The Morgan fingerprint density at radius 3 is 2.70 bits per heavy atom. The van der Waals surface area contributed by atoms with Gasteiger partial charge in [0.05, 0.1) is 26.0 Å². The van der Waals surface area contributed by atoms with Crippen molar-refractivity contribution in [2.45, 2.75) is 13.0 Å². The summed E-state index contributed by atoms with van der Waals surface area (Å²) in [5.41, 5.74) is 5.93. The zero-order valence-electron chi connectivity index (χ0n) is 20.4. The van der Waals surface area contributed by atoms with E-state index in [1.807, 2.05) is 24.3 Å². The Labute approximate surface area is 213 Å². The fourth-order valence-electron chi connectivity index (χ4n) is 4.58. The molecule has 0 spiro atoms. The Bertz CT molecular complexity index is 1480. The van der Waals surface area contributed by atoms with E-state index >= 15 is 0 Å². The van der Waals surface area contributed by atoms with Gasteiger partial charge < -0.3 is 29.4 Å². The highest BCUT2D eigenvalue weighted by Gasteiger charge is 2.23. The maximum absolute atomic E-state index is 12.5. The van der Waals surface area contributed by atoms with Crippen LogP contribution >= 0.6 is 0 Å². The van der Waals surface area contributed by atoms with Crippen molar-refractivity contribution in [1.29, 1.82) is 0 Å². The van der Waals surface area contributed by atoms with Crippen molar-refractivity contribution in [2.24, 2.45) is 0 Å². The lowest BCUT2D eigenvalue weighted by Gasteiger charge is -2.29. The summed E-state index contributed by atoms with van der Waals surface area (Å²) in [6.07, 6.45) is 5.93. The molecule has 0 aliphatic carbocycles. The first-order valence-corrected chi connectivity index (χ1v) is 12.1. The maximum atomic E-state index is 12.5. The lowest BCUT2D eigenvalue weighted by atomic mass is 9.99. The number of pyridine rings is 2. The van der Waals surface area contributed by atoms with Crippen molar-refractivity contribution in [3.63, 3.8) is 0 Å². The molecule has 10 nitrogen and oxygen atoms in total. The molecule has 2 N–H and O–H groups in total. The summed E-state index contributed by atoms with van der Waals surface area (Å²) >= 11 is 0. The Kier molecular flexibility index (Phi) is 6.15. The molecule has 188 valence electrons. The van der Waals surface area contributed by atoms with Crippen LogP contribution in [0.5, 0.6) is 17.5 Å². The summed E-state index contributed by atoms with van der Waals surface area (Å²) in [6, 6.07) is 11.9. The first kappa shape index (κ1) is 23.0. The van der Waals surface area contributed by atoms with Crippen molar-refractivity contribution >= 4 is 11.4 Å². The molecule has 0 unspecified atom stereocenters. The SMILES string of the molecule is COc1ncc(CNc2ccc3c(c2)Cc2ccnc(-c4cc(N5CCOCC5)cc(=O)[nH]4)c2O3)cn1. The van der Waals surface area contributed by atoms with Crippen molar-refractivity contribution < 1.29 is 14.2 Å². The number of rotatable bonds is 6. The monoisotopic (exact) mass is 498 g/mol. The first-order chi connectivity index (χ1) is 18.2. The van der Waals surface area contributed by atoms with Crippen molar-refractivity contribution in [3.8, 4) is 28.9 Å². The van der Waals surface area contributed by atoms with E-state index in [2.05, 4.69) is 36.2 Å². The third-order valence-electron chi connectivity index (χ3n) is 6.46. The lowest BCUT2D eigenvalue weighted by molar-refractivity contribution is 0.122. The minimum Gasteiger partial charge on any atom is -0.467 e. The smallest absolute Gasteiger partial charge is 0.316 e. The molecule has 2 aliphatic rings. The number of hydrogen-bond acceptors (Lipinski definition) is 9. The summed E-state index contributed by atoms with van der Waals surface area (Å²) < 4.78 is 16.8. The molecule has 6 rings (SSSR count). The Hall–Kier alpha value is -4.44. The van der Waals surface area contributed by atoms with E-state index in [1.165, 1.54) is 0 Å². The lowest BCUT2D eigenvalue weighted by Crippen LogP contribution is -2.36. The third-order valence-corrected chi connectivity index (χ3v) is 6.46. The number of nitrogens with zero attached hydrogens (tertiary/aromatic N) is 4. The van der Waals surface area contributed by atoms with Gasteiger partial charge in [-0.2, -0.15) is 0 Å². The van der Waals surface area contributed by atoms with Crippen LogP contribution in [0.25, 0.3) is 11.4 Å². The van der Waals surface area contributed by atoms with Crippen LogP contribution in [-0.2, 0) is 17.7 Å². The topological polar surface area (TPSA) is 114 Å². The van der Waals surface area contributed by atoms with E-state index in [-0.39, 0.29) is 5.56 Å². The average Bonchev–Trinajstić information content (AvgIpc) is 2.95. The highest BCUT2D eigenvalue weighted by Crippen LogP contribution is 2.42. The van der Waals surface area contributed by atoms with Gasteiger partial charge in [0, 0.05) is 78.8 Å². The number of anilines is 2. The maximum Gasteiger partial charge on any atom is 0.316 e. The minimum atomic E-state index is -0.174. The van der Waals surface area contributed by atoms with Crippen LogP contribution < -0.4 is 25.2 Å². The van der Waals surface area contributed by atoms with Gasteiger partial charge in [-0.25, -0.2) is 9.97 Å². The van der Waals surface area contributed by atoms with Crippen LogP contribution in [0.3, 0.4) is 0 Å². The van der Waals surface area contributed by atoms with Crippen molar-refractivity contribution in [1.82, 2.24) is 19.9 Å². The molecule has 3 aromatic heterocycles. The fourth-order valence-corrected chi connectivity index (χ4v) is 4.58. The summed E-state index contributed by atoms with van der Waals surface area (Å²) in [6.45, 7) is 3.36. The van der Waals surface area contributed by atoms with E-state index in [4.69, 9.17) is 14.2 Å². The molecule has 0 atom stereocenters. The largest absolute Gasteiger partial charge is 0.467 e. The standard InChI is InChI=1S/C27H26N6O4/c1-35-27-30-15-17(16-31-27)14-29-20-2-3-23-19(11-20)10-18-4-5-28-25(26(18)37-23)22-12-21(13-24(34)32-22)33-6-8-36-9-7-33/h2-5,11-13,15-16,29H,6-10,14H2,1H3,(H,32,34). The van der Waals surface area contributed by atoms with Gasteiger partial charge in [-0.15, -0.1) is 0 Å². The summed E-state index contributed by atoms with van der Waals surface area (Å²) in [7, 11) is 1.54. The number of H-pyrrole nitrogens is 1. The predicted octanol–water partition coefficient (Wildman–Crippen LogP) is 3.38. The second-order valence-corrected chi connectivity index (χ2v) is 8.90. The zero-order valence-corrected chi connectivity index (χ0v) is 20.4. The molecule has 0 bridgehead atoms. The Balaban J connectivity index is 1.24. The number of morpholine rings is 1. The van der Waals surface area contributed by atoms with Crippen LogP contribution in [0.1, 0.15) is 16.7 Å². The molecule has 2 aliphatic heterocycles. The molecule has 0 amide bonds. The van der Waals surface area contributed by atoms with E-state index < -0.39 is 0 Å². The molecule has 0 radical (unpaired) electrons. The normalized spacial score (nSPS) is 14.4. The molecule has 37 heavy (non-hydrogen) atoms. The molecule has 4 aromatic rings. The number of aromatic nitrogens is 4. The van der Waals surface area contributed by atoms with E-state index in [1.54, 1.807) is 31.8 Å². The van der Waals surface area contributed by atoms with Gasteiger partial charge in [0.15, 0.2) is 5.75 Å². The molecular formula is C27H26N6O4. The summed E-state index contributed by atoms with van der Waals surface area (Å²) in [4.78, 5) is 30.5. The molecular weight excluding hydrogens is 472 g/mol. The molecule has 0 saturated carbocycles. The quantitative estimate of drug-likeness (QED) is 0.364. The third kappa shape index (κ3) is 4.83. The van der Waals surface area contributed by atoms with Gasteiger partial charge in [0.2, 0.25) is 0 Å². The predicted molar refractivity (Wildman–Crippen MR) is 139 cm³/mol. The highest BCUT2D eigenvalue weighted by atomic mass is 16.5. The number of nitrogens with one attached hydrogen (secondary N) is 2. The molecule has 1 saturated heterocycles. The summed E-state index contributed by atoms with van der Waals surface area (Å²) in [5.74, 6) is 1.44.